The van der Waals surface area contributed by atoms with Gasteiger partial charge in [0.2, 0.25) is 5.91 Å². The van der Waals surface area contributed by atoms with Crippen molar-refractivity contribution in [2.24, 2.45) is 0 Å². The Kier molecular flexibility index (Phi) is 3.97. The minimum absolute atomic E-state index is 0.0161. The van der Waals surface area contributed by atoms with E-state index in [1.54, 1.807) is 11.8 Å². The highest BCUT2D eigenvalue weighted by Gasteiger charge is 2.33. The Morgan fingerprint density at radius 3 is 2.94 bits per heavy atom. The number of thiophene rings is 1. The minimum atomic E-state index is -0.360. The van der Waals surface area contributed by atoms with Crippen molar-refractivity contribution in [2.45, 2.75) is 25.5 Å². The number of hydrogen-bond donors (Lipinski definition) is 1. The Bertz CT molecular complexity index is 484. The molecule has 0 saturated carbocycles. The van der Waals surface area contributed by atoms with E-state index in [1.807, 2.05) is 12.3 Å². The molecule has 1 atom stereocenters. The average molecular weight is 285 g/mol. The van der Waals surface area contributed by atoms with Gasteiger partial charge in [-0.3, -0.25) is 4.79 Å². The van der Waals surface area contributed by atoms with Crippen LogP contribution in [0, 0.1) is 6.92 Å². The van der Waals surface area contributed by atoms with Gasteiger partial charge in [0.25, 0.3) is 0 Å². The number of ether oxygens (including phenoxy) is 1. The Morgan fingerprint density at radius 2 is 2.39 bits per heavy atom. The summed E-state index contributed by atoms with van der Waals surface area (Å²) >= 11 is 5.73. The maximum Gasteiger partial charge on any atom is 0.341 e. The molecule has 1 aromatic heterocycles. The zero-order valence-corrected chi connectivity index (χ0v) is 12.0. The zero-order valence-electron chi connectivity index (χ0n) is 10.3. The molecule has 98 valence electrons. The van der Waals surface area contributed by atoms with Crippen molar-refractivity contribution in [3.8, 4) is 0 Å². The number of thiol groups is 1. The fourth-order valence-electron chi connectivity index (χ4n) is 1.97. The molecule has 18 heavy (non-hydrogen) atoms. The number of amides is 1. The molecule has 0 aliphatic carbocycles. The summed E-state index contributed by atoms with van der Waals surface area (Å²) in [6.07, 6.45) is 0.419. The van der Waals surface area contributed by atoms with Crippen molar-refractivity contribution in [1.29, 1.82) is 0 Å². The molecule has 1 saturated heterocycles. The van der Waals surface area contributed by atoms with Crippen LogP contribution in [0.25, 0.3) is 0 Å². The molecule has 0 bridgehead atoms. The molecule has 2 rings (SSSR count). The van der Waals surface area contributed by atoms with E-state index in [-0.39, 0.29) is 17.1 Å². The monoisotopic (exact) mass is 285 g/mol. The molecule has 1 unspecified atom stereocenters. The number of esters is 1. The highest BCUT2D eigenvalue weighted by molar-refractivity contribution is 7.81. The van der Waals surface area contributed by atoms with Gasteiger partial charge in [0, 0.05) is 18.2 Å². The zero-order chi connectivity index (χ0) is 13.3. The number of hydrogen-bond acceptors (Lipinski definition) is 5. The second kappa shape index (κ2) is 5.32. The first-order chi connectivity index (χ1) is 8.54. The Hall–Kier alpha value is -1.01. The Labute approximate surface area is 115 Å². The number of carbonyl (C=O) groups is 2. The first-order valence-electron chi connectivity index (χ1n) is 5.78. The van der Waals surface area contributed by atoms with Crippen LogP contribution in [-0.4, -0.2) is 30.3 Å². The minimum Gasteiger partial charge on any atom is -0.462 e. The molecule has 1 aliphatic rings. The standard InChI is InChI=1S/C12H15NO3S2/c1-3-16-12(15)10-7(2)6-18-11(10)13-5-8(17)4-9(13)14/h6,8,17H,3-5H2,1-2H3. The molecule has 6 heteroatoms. The molecule has 1 aromatic rings. The fraction of sp³-hybridized carbons (Fsp3) is 0.500. The maximum atomic E-state index is 11.9. The lowest BCUT2D eigenvalue weighted by Crippen LogP contribution is -2.25. The number of nitrogens with zero attached hydrogens (tertiary/aromatic N) is 1. The summed E-state index contributed by atoms with van der Waals surface area (Å²) in [4.78, 5) is 25.4. The first-order valence-corrected chi connectivity index (χ1v) is 7.17. The predicted molar refractivity (Wildman–Crippen MR) is 74.8 cm³/mol. The predicted octanol–water partition coefficient (Wildman–Crippen LogP) is 2.27. The largest absolute Gasteiger partial charge is 0.462 e. The van der Waals surface area contributed by atoms with E-state index in [0.29, 0.717) is 30.1 Å². The summed E-state index contributed by atoms with van der Waals surface area (Å²) < 4.78 is 5.04. The maximum absolute atomic E-state index is 11.9. The van der Waals surface area contributed by atoms with Gasteiger partial charge in [0.15, 0.2) is 0 Å². The lowest BCUT2D eigenvalue weighted by molar-refractivity contribution is -0.116. The summed E-state index contributed by atoms with van der Waals surface area (Å²) in [5, 5.41) is 2.60. The van der Waals surface area contributed by atoms with Gasteiger partial charge in [-0.25, -0.2) is 4.79 Å². The highest BCUT2D eigenvalue weighted by Crippen LogP contribution is 2.35. The number of rotatable bonds is 3. The van der Waals surface area contributed by atoms with Crippen LogP contribution >= 0.6 is 24.0 Å². The van der Waals surface area contributed by atoms with Crippen molar-refractivity contribution in [2.75, 3.05) is 18.1 Å². The van der Waals surface area contributed by atoms with Gasteiger partial charge in [-0.2, -0.15) is 12.6 Å². The molecule has 0 spiro atoms. The smallest absolute Gasteiger partial charge is 0.341 e. The molecule has 0 aromatic carbocycles. The van der Waals surface area contributed by atoms with E-state index in [2.05, 4.69) is 12.6 Å². The van der Waals surface area contributed by atoms with Gasteiger partial charge in [-0.05, 0) is 24.8 Å². The van der Waals surface area contributed by atoms with E-state index in [0.717, 1.165) is 5.56 Å². The third-order valence-corrected chi connectivity index (χ3v) is 4.25. The van der Waals surface area contributed by atoms with Crippen LogP contribution in [-0.2, 0) is 9.53 Å². The fourth-order valence-corrected chi connectivity index (χ4v) is 3.36. The normalized spacial score (nSPS) is 19.4. The van der Waals surface area contributed by atoms with Crippen LogP contribution in [0.4, 0.5) is 5.00 Å². The van der Waals surface area contributed by atoms with Crippen molar-refractivity contribution < 1.29 is 14.3 Å². The van der Waals surface area contributed by atoms with Gasteiger partial charge in [0.1, 0.15) is 5.00 Å². The quantitative estimate of drug-likeness (QED) is 0.684. The first kappa shape index (κ1) is 13.4. The summed E-state index contributed by atoms with van der Waals surface area (Å²) in [6.45, 7) is 4.50. The van der Waals surface area contributed by atoms with Gasteiger partial charge in [-0.15, -0.1) is 11.3 Å². The van der Waals surface area contributed by atoms with Crippen molar-refractivity contribution in [3.63, 3.8) is 0 Å². The highest BCUT2D eigenvalue weighted by atomic mass is 32.1. The summed E-state index contributed by atoms with van der Waals surface area (Å²) in [5.41, 5.74) is 1.36. The molecule has 0 radical (unpaired) electrons. The lowest BCUT2D eigenvalue weighted by Gasteiger charge is -2.15. The van der Waals surface area contributed by atoms with Crippen molar-refractivity contribution in [1.82, 2.24) is 0 Å². The van der Waals surface area contributed by atoms with E-state index >= 15 is 0 Å². The Morgan fingerprint density at radius 1 is 1.67 bits per heavy atom. The van der Waals surface area contributed by atoms with E-state index < -0.39 is 0 Å². The molecule has 4 nitrogen and oxygen atoms in total. The van der Waals surface area contributed by atoms with Crippen LogP contribution < -0.4 is 4.90 Å². The summed E-state index contributed by atoms with van der Waals surface area (Å²) in [7, 11) is 0. The molecule has 1 fully saturated rings. The van der Waals surface area contributed by atoms with Crippen LogP contribution in [0.2, 0.25) is 0 Å². The molecular formula is C12H15NO3S2. The average Bonchev–Trinajstić information content (AvgIpc) is 2.82. The number of anilines is 1. The van der Waals surface area contributed by atoms with Gasteiger partial charge in [0.05, 0.1) is 12.2 Å². The number of carbonyl (C=O) groups excluding carboxylic acids is 2. The molecule has 1 amide bonds. The molecule has 1 aliphatic heterocycles. The molecule has 2 heterocycles. The van der Waals surface area contributed by atoms with Crippen LogP contribution in [0.3, 0.4) is 0 Å². The van der Waals surface area contributed by atoms with E-state index in [4.69, 9.17) is 4.74 Å². The van der Waals surface area contributed by atoms with Crippen LogP contribution in [0.15, 0.2) is 5.38 Å². The Balaban J connectivity index is 2.34. The van der Waals surface area contributed by atoms with Crippen molar-refractivity contribution in [3.05, 3.63) is 16.5 Å². The SMILES string of the molecule is CCOC(=O)c1c(C)csc1N1CC(S)CC1=O. The second-order valence-corrected chi connectivity index (χ2v) is 5.77. The van der Waals surface area contributed by atoms with E-state index in [1.165, 1.54) is 11.3 Å². The second-order valence-electron chi connectivity index (χ2n) is 4.18. The molecular weight excluding hydrogens is 270 g/mol. The van der Waals surface area contributed by atoms with Gasteiger partial charge < -0.3 is 9.64 Å². The van der Waals surface area contributed by atoms with Gasteiger partial charge >= 0.3 is 5.97 Å². The van der Waals surface area contributed by atoms with Crippen molar-refractivity contribution >= 4 is 40.8 Å². The lowest BCUT2D eigenvalue weighted by atomic mass is 10.2. The summed E-state index contributed by atoms with van der Waals surface area (Å²) in [6, 6.07) is 0. The van der Waals surface area contributed by atoms with Crippen LogP contribution in [0.5, 0.6) is 0 Å². The third kappa shape index (κ3) is 2.40. The third-order valence-electron chi connectivity index (χ3n) is 2.78. The van der Waals surface area contributed by atoms with Crippen LogP contribution in [0.1, 0.15) is 29.3 Å². The molecule has 0 N–H and O–H groups in total. The van der Waals surface area contributed by atoms with E-state index in [9.17, 15) is 9.59 Å². The topological polar surface area (TPSA) is 46.6 Å². The number of aryl methyl sites for hydroxylation is 1. The van der Waals surface area contributed by atoms with Gasteiger partial charge in [-0.1, -0.05) is 0 Å². The summed E-state index contributed by atoms with van der Waals surface area (Å²) in [5.74, 6) is -0.343.